The molecule has 1 amide bonds. The van der Waals surface area contributed by atoms with Crippen LogP contribution >= 0.6 is 0 Å². The minimum absolute atomic E-state index is 0.0406. The molecule has 4 heteroatoms. The molecule has 2 heterocycles. The molecule has 2 aromatic rings. The SMILES string of the molecule is COc1ccccc1-c1ccc2c(c1)C(=O)NC[C@H]1CN(C)C[C@H]21. The van der Waals surface area contributed by atoms with Crippen molar-refractivity contribution in [2.45, 2.75) is 5.92 Å². The number of hydrogen-bond donors (Lipinski definition) is 1. The Balaban J connectivity index is 1.81. The average Bonchev–Trinajstić information content (AvgIpc) is 2.94. The van der Waals surface area contributed by atoms with Gasteiger partial charge in [-0.3, -0.25) is 4.79 Å². The summed E-state index contributed by atoms with van der Waals surface area (Å²) in [5.74, 6) is 1.79. The number of carbonyl (C=O) groups is 1. The van der Waals surface area contributed by atoms with Crippen LogP contribution in [0.5, 0.6) is 5.75 Å². The number of hydrogen-bond acceptors (Lipinski definition) is 3. The Labute approximate surface area is 142 Å². The van der Waals surface area contributed by atoms with Gasteiger partial charge in [0.15, 0.2) is 0 Å². The molecule has 0 unspecified atom stereocenters. The molecule has 0 saturated carbocycles. The zero-order valence-electron chi connectivity index (χ0n) is 14.1. The molecule has 0 aliphatic carbocycles. The lowest BCUT2D eigenvalue weighted by Crippen LogP contribution is -2.29. The lowest BCUT2D eigenvalue weighted by Gasteiger charge is -2.17. The fraction of sp³-hybridized carbons (Fsp3) is 0.350. The third-order valence-electron chi connectivity index (χ3n) is 5.26. The zero-order valence-corrected chi connectivity index (χ0v) is 14.1. The number of rotatable bonds is 2. The van der Waals surface area contributed by atoms with Crippen LogP contribution in [0.2, 0.25) is 0 Å². The first kappa shape index (κ1) is 15.2. The predicted molar refractivity (Wildman–Crippen MR) is 94.5 cm³/mol. The highest BCUT2D eigenvalue weighted by Gasteiger charge is 2.36. The van der Waals surface area contributed by atoms with Crippen molar-refractivity contribution >= 4 is 5.91 Å². The topological polar surface area (TPSA) is 41.6 Å². The first-order valence-corrected chi connectivity index (χ1v) is 8.41. The van der Waals surface area contributed by atoms with E-state index >= 15 is 0 Å². The molecule has 2 aliphatic rings. The first-order chi connectivity index (χ1) is 11.7. The van der Waals surface area contributed by atoms with Crippen LogP contribution in [0.3, 0.4) is 0 Å². The largest absolute Gasteiger partial charge is 0.496 e. The van der Waals surface area contributed by atoms with Crippen molar-refractivity contribution in [1.82, 2.24) is 10.2 Å². The highest BCUT2D eigenvalue weighted by atomic mass is 16.5. The highest BCUT2D eigenvalue weighted by Crippen LogP contribution is 2.38. The van der Waals surface area contributed by atoms with Gasteiger partial charge in [0, 0.05) is 36.7 Å². The van der Waals surface area contributed by atoms with Crippen molar-refractivity contribution in [1.29, 1.82) is 0 Å². The number of fused-ring (bicyclic) bond motifs is 3. The van der Waals surface area contributed by atoms with E-state index in [0.717, 1.165) is 42.1 Å². The fourth-order valence-electron chi connectivity index (χ4n) is 4.09. The average molecular weight is 322 g/mol. The van der Waals surface area contributed by atoms with E-state index in [2.05, 4.69) is 29.4 Å². The number of carbonyl (C=O) groups excluding carboxylic acids is 1. The lowest BCUT2D eigenvalue weighted by molar-refractivity contribution is 0.0951. The van der Waals surface area contributed by atoms with Crippen LogP contribution in [-0.2, 0) is 0 Å². The predicted octanol–water partition coefficient (Wildman–Crippen LogP) is 2.75. The Morgan fingerprint density at radius 2 is 1.96 bits per heavy atom. The number of likely N-dealkylation sites (N-methyl/N-ethyl adjacent to an activating group) is 1. The number of benzene rings is 2. The first-order valence-electron chi connectivity index (χ1n) is 8.41. The van der Waals surface area contributed by atoms with Crippen molar-refractivity contribution in [3.05, 3.63) is 53.6 Å². The second-order valence-corrected chi connectivity index (χ2v) is 6.80. The van der Waals surface area contributed by atoms with E-state index < -0.39 is 0 Å². The fourth-order valence-corrected chi connectivity index (χ4v) is 4.09. The van der Waals surface area contributed by atoms with Crippen LogP contribution in [0, 0.1) is 5.92 Å². The molecule has 2 atom stereocenters. The minimum atomic E-state index is 0.0406. The molecule has 1 saturated heterocycles. The van der Waals surface area contributed by atoms with E-state index in [0.29, 0.717) is 11.8 Å². The van der Waals surface area contributed by atoms with E-state index in [1.807, 2.05) is 30.3 Å². The number of amides is 1. The summed E-state index contributed by atoms with van der Waals surface area (Å²) in [6, 6.07) is 14.2. The third kappa shape index (κ3) is 2.47. The summed E-state index contributed by atoms with van der Waals surface area (Å²) in [6.07, 6.45) is 0. The van der Waals surface area contributed by atoms with Gasteiger partial charge in [-0.05, 0) is 36.2 Å². The second-order valence-electron chi connectivity index (χ2n) is 6.80. The van der Waals surface area contributed by atoms with Crippen molar-refractivity contribution < 1.29 is 9.53 Å². The van der Waals surface area contributed by atoms with E-state index in [4.69, 9.17) is 4.74 Å². The quantitative estimate of drug-likeness (QED) is 0.924. The number of para-hydroxylation sites is 1. The van der Waals surface area contributed by atoms with E-state index in [-0.39, 0.29) is 5.91 Å². The molecule has 4 nitrogen and oxygen atoms in total. The molecule has 1 fully saturated rings. The van der Waals surface area contributed by atoms with E-state index in [1.54, 1.807) is 7.11 Å². The Morgan fingerprint density at radius 1 is 1.12 bits per heavy atom. The Kier molecular flexibility index (Phi) is 3.77. The van der Waals surface area contributed by atoms with Gasteiger partial charge < -0.3 is 15.0 Å². The molecule has 0 aromatic heterocycles. The summed E-state index contributed by atoms with van der Waals surface area (Å²) >= 11 is 0. The molecule has 0 spiro atoms. The Morgan fingerprint density at radius 3 is 2.79 bits per heavy atom. The van der Waals surface area contributed by atoms with Gasteiger partial charge in [-0.15, -0.1) is 0 Å². The van der Waals surface area contributed by atoms with Gasteiger partial charge in [0.1, 0.15) is 5.75 Å². The van der Waals surface area contributed by atoms with E-state index in [9.17, 15) is 4.79 Å². The third-order valence-corrected chi connectivity index (χ3v) is 5.26. The molecule has 1 N–H and O–H groups in total. The number of nitrogens with one attached hydrogen (secondary N) is 1. The summed E-state index contributed by atoms with van der Waals surface area (Å²) in [5.41, 5.74) is 4.02. The normalized spacial score (nSPS) is 23.2. The molecule has 24 heavy (non-hydrogen) atoms. The summed E-state index contributed by atoms with van der Waals surface area (Å²) in [5, 5.41) is 3.10. The second kappa shape index (κ2) is 5.95. The van der Waals surface area contributed by atoms with Gasteiger partial charge in [0.05, 0.1) is 7.11 Å². The monoisotopic (exact) mass is 322 g/mol. The van der Waals surface area contributed by atoms with Crippen LogP contribution in [0.1, 0.15) is 21.8 Å². The smallest absolute Gasteiger partial charge is 0.251 e. The van der Waals surface area contributed by atoms with Crippen LogP contribution in [-0.4, -0.2) is 44.6 Å². The molecular weight excluding hydrogens is 300 g/mol. The maximum atomic E-state index is 12.6. The molecule has 2 aliphatic heterocycles. The highest BCUT2D eigenvalue weighted by molar-refractivity contribution is 5.98. The van der Waals surface area contributed by atoms with Gasteiger partial charge in [0.2, 0.25) is 0 Å². The van der Waals surface area contributed by atoms with Crippen molar-refractivity contribution in [2.24, 2.45) is 5.92 Å². The summed E-state index contributed by atoms with van der Waals surface area (Å²) < 4.78 is 5.47. The summed E-state index contributed by atoms with van der Waals surface area (Å²) in [6.45, 7) is 2.81. The summed E-state index contributed by atoms with van der Waals surface area (Å²) in [4.78, 5) is 15.0. The van der Waals surface area contributed by atoms with Gasteiger partial charge in [-0.2, -0.15) is 0 Å². The molecule has 2 aromatic carbocycles. The van der Waals surface area contributed by atoms with Gasteiger partial charge >= 0.3 is 0 Å². The summed E-state index contributed by atoms with van der Waals surface area (Å²) in [7, 11) is 3.83. The number of methoxy groups -OCH3 is 1. The number of likely N-dealkylation sites (tertiary alicyclic amines) is 1. The molecule has 0 radical (unpaired) electrons. The zero-order chi connectivity index (χ0) is 16.7. The van der Waals surface area contributed by atoms with Crippen molar-refractivity contribution in [3.63, 3.8) is 0 Å². The van der Waals surface area contributed by atoms with Crippen LogP contribution in [0.15, 0.2) is 42.5 Å². The lowest BCUT2D eigenvalue weighted by atomic mass is 9.86. The van der Waals surface area contributed by atoms with Crippen LogP contribution in [0.25, 0.3) is 11.1 Å². The van der Waals surface area contributed by atoms with Gasteiger partial charge in [0.25, 0.3) is 5.91 Å². The molecule has 4 rings (SSSR count). The number of ether oxygens (including phenoxy) is 1. The van der Waals surface area contributed by atoms with Crippen molar-refractivity contribution in [3.8, 4) is 16.9 Å². The van der Waals surface area contributed by atoms with Gasteiger partial charge in [-0.1, -0.05) is 30.3 Å². The maximum Gasteiger partial charge on any atom is 0.251 e. The van der Waals surface area contributed by atoms with Crippen LogP contribution < -0.4 is 10.1 Å². The molecule has 0 bridgehead atoms. The Bertz CT molecular complexity index is 787. The van der Waals surface area contributed by atoms with Crippen LogP contribution in [0.4, 0.5) is 0 Å². The Hall–Kier alpha value is -2.33. The standard InChI is InChI=1S/C20H22N2O2/c1-22-11-14-10-21-20(23)17-9-13(7-8-16(17)18(14)12-22)15-5-3-4-6-19(15)24-2/h3-9,14,18H,10-12H2,1-2H3,(H,21,23)/t14-,18-/m0/s1. The molecule has 124 valence electrons. The van der Waals surface area contributed by atoms with Gasteiger partial charge in [-0.25, -0.2) is 0 Å². The van der Waals surface area contributed by atoms with E-state index in [1.165, 1.54) is 5.56 Å². The minimum Gasteiger partial charge on any atom is -0.496 e. The molecular formula is C20H22N2O2. The maximum absolute atomic E-state index is 12.6. The van der Waals surface area contributed by atoms with Crippen molar-refractivity contribution in [2.75, 3.05) is 33.8 Å². The number of nitrogens with zero attached hydrogens (tertiary/aromatic N) is 1.